The molecule has 0 saturated heterocycles. The average Bonchev–Trinajstić information content (AvgIpc) is 3.26. The zero-order valence-corrected chi connectivity index (χ0v) is 23.0. The van der Waals surface area contributed by atoms with Crippen molar-refractivity contribution in [2.24, 2.45) is 0 Å². The Morgan fingerprint density at radius 2 is 1.72 bits per heavy atom. The molecular formula is C30H36F2O3S. The number of thiophene rings is 1. The summed E-state index contributed by atoms with van der Waals surface area (Å²) in [6.07, 6.45) is 0.351. The fourth-order valence-electron chi connectivity index (χ4n) is 4.17. The van der Waals surface area contributed by atoms with Crippen molar-refractivity contribution in [1.29, 1.82) is 0 Å². The summed E-state index contributed by atoms with van der Waals surface area (Å²) in [6.45, 7) is 14.0. The van der Waals surface area contributed by atoms with Gasteiger partial charge in [-0.1, -0.05) is 59.7 Å². The van der Waals surface area contributed by atoms with Gasteiger partial charge in [-0.2, -0.15) is 0 Å². The molecule has 3 nitrogen and oxygen atoms in total. The molecule has 0 unspecified atom stereocenters. The quantitative estimate of drug-likeness (QED) is 0.275. The van der Waals surface area contributed by atoms with Crippen LogP contribution in [0.5, 0.6) is 5.75 Å². The third kappa shape index (κ3) is 5.80. The lowest BCUT2D eigenvalue weighted by Gasteiger charge is -2.32. The van der Waals surface area contributed by atoms with Crippen molar-refractivity contribution in [3.05, 3.63) is 58.5 Å². The third-order valence-electron chi connectivity index (χ3n) is 7.30. The van der Waals surface area contributed by atoms with E-state index >= 15 is 0 Å². The summed E-state index contributed by atoms with van der Waals surface area (Å²) in [5.41, 5.74) is 4.00. The van der Waals surface area contributed by atoms with Crippen molar-refractivity contribution in [2.45, 2.75) is 78.6 Å². The number of hydrogen-bond acceptors (Lipinski definition) is 3. The normalized spacial score (nSPS) is 13.0. The third-order valence-corrected chi connectivity index (χ3v) is 8.54. The molecule has 0 aliphatic carbocycles. The van der Waals surface area contributed by atoms with Crippen LogP contribution in [-0.2, 0) is 15.6 Å². The van der Waals surface area contributed by atoms with E-state index in [1.54, 1.807) is 6.92 Å². The second-order valence-corrected chi connectivity index (χ2v) is 11.7. The van der Waals surface area contributed by atoms with Crippen molar-refractivity contribution in [3.63, 3.8) is 0 Å². The molecule has 0 atom stereocenters. The van der Waals surface area contributed by atoms with Crippen LogP contribution in [0.4, 0.5) is 8.78 Å². The minimum absolute atomic E-state index is 0.122. The molecule has 0 saturated carbocycles. The van der Waals surface area contributed by atoms with Crippen LogP contribution in [-0.4, -0.2) is 24.1 Å². The zero-order chi connectivity index (χ0) is 26.8. The fourth-order valence-corrected chi connectivity index (χ4v) is 5.22. The van der Waals surface area contributed by atoms with Crippen molar-refractivity contribution >= 4 is 33.0 Å². The number of halogens is 2. The number of carbonyl (C=O) groups is 1. The maximum atomic E-state index is 13.4. The predicted octanol–water partition coefficient (Wildman–Crippen LogP) is 9.08. The van der Waals surface area contributed by atoms with Gasteiger partial charge in [0.2, 0.25) is 0 Å². The molecular weight excluding hydrogens is 478 g/mol. The molecule has 0 aliphatic rings. The monoisotopic (exact) mass is 514 g/mol. The summed E-state index contributed by atoms with van der Waals surface area (Å²) in [5.74, 6) is -0.496. The minimum Gasteiger partial charge on any atom is -0.487 e. The Labute approximate surface area is 216 Å². The van der Waals surface area contributed by atoms with Crippen molar-refractivity contribution in [1.82, 2.24) is 0 Å². The molecule has 0 radical (unpaired) electrons. The van der Waals surface area contributed by atoms with Gasteiger partial charge in [0.15, 0.2) is 0 Å². The van der Waals surface area contributed by atoms with Crippen LogP contribution in [0.15, 0.2) is 42.5 Å². The van der Waals surface area contributed by atoms with E-state index in [0.29, 0.717) is 11.3 Å². The van der Waals surface area contributed by atoms with Crippen LogP contribution in [0.2, 0.25) is 0 Å². The number of fused-ring (bicyclic) bond motifs is 1. The molecule has 0 bridgehead atoms. The smallest absolute Gasteiger partial charge is 0.328 e. The van der Waals surface area contributed by atoms with Gasteiger partial charge in [-0.25, -0.2) is 13.6 Å². The van der Waals surface area contributed by atoms with Gasteiger partial charge in [-0.3, -0.25) is 0 Å². The van der Waals surface area contributed by atoms with Crippen LogP contribution in [0.1, 0.15) is 77.3 Å². The predicted molar refractivity (Wildman–Crippen MR) is 147 cm³/mol. The molecule has 36 heavy (non-hydrogen) atoms. The maximum absolute atomic E-state index is 13.4. The molecule has 2 aromatic carbocycles. The number of carboxylic acids is 1. The first kappa shape index (κ1) is 27.9. The van der Waals surface area contributed by atoms with Crippen molar-refractivity contribution in [2.75, 3.05) is 6.61 Å². The van der Waals surface area contributed by atoms with Gasteiger partial charge in [-0.15, -0.1) is 11.3 Å². The number of aliphatic carboxylic acids is 1. The molecule has 0 amide bonds. The highest BCUT2D eigenvalue weighted by Gasteiger charge is 2.30. The number of rotatable bonds is 10. The molecule has 0 spiro atoms. The van der Waals surface area contributed by atoms with E-state index in [0.717, 1.165) is 50.1 Å². The zero-order valence-electron chi connectivity index (χ0n) is 22.2. The first-order chi connectivity index (χ1) is 16.8. The SMILES string of the molecule is CCC(C)(C)c1cc(-c2cccc3sc(/C(C)=C\C(=O)O)cc23)c(OCC(F)F)c(C(C)(C)CC)c1. The van der Waals surface area contributed by atoms with Crippen LogP contribution < -0.4 is 4.74 Å². The summed E-state index contributed by atoms with van der Waals surface area (Å²) in [4.78, 5) is 12.1. The minimum atomic E-state index is -2.59. The average molecular weight is 515 g/mol. The van der Waals surface area contributed by atoms with Gasteiger partial charge in [0.25, 0.3) is 6.43 Å². The summed E-state index contributed by atoms with van der Waals surface area (Å²) in [5, 5.41) is 10.2. The summed E-state index contributed by atoms with van der Waals surface area (Å²) >= 11 is 1.52. The van der Waals surface area contributed by atoms with Gasteiger partial charge in [0.05, 0.1) is 0 Å². The van der Waals surface area contributed by atoms with Crippen LogP contribution >= 0.6 is 11.3 Å². The van der Waals surface area contributed by atoms with Crippen LogP contribution in [0.25, 0.3) is 26.8 Å². The highest BCUT2D eigenvalue weighted by molar-refractivity contribution is 7.20. The molecule has 0 aliphatic heterocycles. The number of benzene rings is 2. The van der Waals surface area contributed by atoms with Gasteiger partial charge >= 0.3 is 5.97 Å². The lowest BCUT2D eigenvalue weighted by molar-refractivity contribution is -0.131. The van der Waals surface area contributed by atoms with E-state index in [1.807, 2.05) is 24.3 Å². The fraction of sp³-hybridized carbons (Fsp3) is 0.433. The Morgan fingerprint density at radius 1 is 1.06 bits per heavy atom. The number of carboxylic acid groups (broad SMARTS) is 1. The first-order valence-electron chi connectivity index (χ1n) is 12.3. The van der Waals surface area contributed by atoms with E-state index in [-0.39, 0.29) is 10.8 Å². The molecule has 6 heteroatoms. The Hall–Kier alpha value is -2.73. The van der Waals surface area contributed by atoms with Gasteiger partial charge < -0.3 is 9.84 Å². The highest BCUT2D eigenvalue weighted by Crippen LogP contribution is 2.47. The topological polar surface area (TPSA) is 46.5 Å². The van der Waals surface area contributed by atoms with Crippen molar-refractivity contribution in [3.8, 4) is 16.9 Å². The summed E-state index contributed by atoms with van der Waals surface area (Å²) < 4.78 is 33.6. The molecule has 3 aromatic rings. The van der Waals surface area contributed by atoms with E-state index in [2.05, 4.69) is 53.7 Å². The lowest BCUT2D eigenvalue weighted by Crippen LogP contribution is -2.22. The van der Waals surface area contributed by atoms with E-state index in [4.69, 9.17) is 4.74 Å². The summed E-state index contributed by atoms with van der Waals surface area (Å²) in [7, 11) is 0. The Morgan fingerprint density at radius 3 is 2.31 bits per heavy atom. The lowest BCUT2D eigenvalue weighted by atomic mass is 9.74. The molecule has 3 rings (SSSR count). The first-order valence-corrected chi connectivity index (χ1v) is 13.2. The van der Waals surface area contributed by atoms with Gasteiger partial charge in [0.1, 0.15) is 12.4 Å². The van der Waals surface area contributed by atoms with Crippen molar-refractivity contribution < 1.29 is 23.4 Å². The highest BCUT2D eigenvalue weighted by atomic mass is 32.1. The summed E-state index contributed by atoms with van der Waals surface area (Å²) in [6, 6.07) is 12.2. The Bertz CT molecular complexity index is 1280. The Balaban J connectivity index is 2.40. The number of allylic oxidation sites excluding steroid dienone is 1. The molecule has 1 aromatic heterocycles. The van der Waals surface area contributed by atoms with Crippen LogP contribution in [0, 0.1) is 0 Å². The van der Waals surface area contributed by atoms with Gasteiger partial charge in [-0.05, 0) is 65.5 Å². The second kappa shape index (κ2) is 10.7. The van der Waals surface area contributed by atoms with Gasteiger partial charge in [0, 0.05) is 32.2 Å². The standard InChI is InChI=1S/C30H36F2O3S/c1-8-29(4,5)19-14-22(28(35-17-26(31)32)23(15-19)30(6,7)9-2)20-11-10-12-24-21(20)16-25(36-24)18(3)13-27(33)34/h10-16,26H,8-9,17H2,1-7H3,(H,33,34)/b18-13-. The molecule has 194 valence electrons. The molecule has 1 N–H and O–H groups in total. The Kier molecular flexibility index (Phi) is 8.29. The second-order valence-electron chi connectivity index (χ2n) is 10.6. The van der Waals surface area contributed by atoms with Crippen LogP contribution in [0.3, 0.4) is 0 Å². The van der Waals surface area contributed by atoms with E-state index in [1.165, 1.54) is 17.4 Å². The maximum Gasteiger partial charge on any atom is 0.328 e. The number of hydrogen-bond donors (Lipinski definition) is 1. The molecule has 0 fully saturated rings. The van der Waals surface area contributed by atoms with E-state index in [9.17, 15) is 18.7 Å². The number of alkyl halides is 2. The largest absolute Gasteiger partial charge is 0.487 e. The molecule has 1 heterocycles. The number of ether oxygens (including phenoxy) is 1. The van der Waals surface area contributed by atoms with E-state index < -0.39 is 19.0 Å².